The number of unbranched alkanes of at least 4 members (excludes halogenated alkanes) is 7. The van der Waals surface area contributed by atoms with Gasteiger partial charge in [-0.2, -0.15) is 0 Å². The third-order valence-corrected chi connectivity index (χ3v) is 4.82. The fourth-order valence-corrected chi connectivity index (χ4v) is 3.45. The first-order chi connectivity index (χ1) is 10.3. The highest BCUT2D eigenvalue weighted by molar-refractivity contribution is 7.05. The minimum absolute atomic E-state index is 0.228. The molecule has 122 valence electrons. The van der Waals surface area contributed by atoms with E-state index in [0.717, 1.165) is 25.0 Å². The number of hydrogen-bond donors (Lipinski definition) is 2. The molecule has 1 unspecified atom stereocenters. The number of nitrogens with one attached hydrogen (secondary N) is 1. The molecule has 5 heteroatoms. The fourth-order valence-electron chi connectivity index (χ4n) is 2.66. The summed E-state index contributed by atoms with van der Waals surface area (Å²) in [6.45, 7) is 4.44. The average Bonchev–Trinajstić information content (AvgIpc) is 2.94. The van der Waals surface area contributed by atoms with Crippen LogP contribution in [0.3, 0.4) is 0 Å². The van der Waals surface area contributed by atoms with Crippen molar-refractivity contribution in [3.63, 3.8) is 0 Å². The highest BCUT2D eigenvalue weighted by Crippen LogP contribution is 2.25. The van der Waals surface area contributed by atoms with Crippen LogP contribution in [0.1, 0.15) is 94.7 Å². The molecule has 1 atom stereocenters. The average molecular weight is 313 g/mol. The smallest absolute Gasteiger partial charge is 0.0804 e. The van der Waals surface area contributed by atoms with Gasteiger partial charge in [-0.3, -0.25) is 11.3 Å². The summed E-state index contributed by atoms with van der Waals surface area (Å²) in [4.78, 5) is 1.24. The van der Waals surface area contributed by atoms with Crippen molar-refractivity contribution in [1.82, 2.24) is 15.0 Å². The second-order valence-electron chi connectivity index (χ2n) is 5.82. The molecule has 0 aliphatic rings. The Morgan fingerprint density at radius 1 is 1.00 bits per heavy atom. The molecule has 0 saturated carbocycles. The van der Waals surface area contributed by atoms with E-state index in [1.165, 1.54) is 67.8 Å². The summed E-state index contributed by atoms with van der Waals surface area (Å²) in [7, 11) is 0. The Morgan fingerprint density at radius 2 is 1.67 bits per heavy atom. The summed E-state index contributed by atoms with van der Waals surface area (Å²) in [6, 6.07) is 0.228. The Hall–Kier alpha value is -0.520. The largest absolute Gasteiger partial charge is 0.271 e. The standard InChI is InChI=1S/C16H32N4S/c1-3-5-6-7-8-9-10-11-13-14(18-17)16-15(12-4-2)19-20-21-16/h14,18H,3-13,17H2,1-2H3. The lowest BCUT2D eigenvalue weighted by Gasteiger charge is -2.14. The number of hydrazine groups is 1. The number of aryl methyl sites for hydroxylation is 1. The van der Waals surface area contributed by atoms with Gasteiger partial charge in [0.15, 0.2) is 0 Å². The van der Waals surface area contributed by atoms with Crippen molar-refractivity contribution in [2.45, 2.75) is 90.5 Å². The molecule has 0 aliphatic heterocycles. The van der Waals surface area contributed by atoms with Gasteiger partial charge in [-0.15, -0.1) is 5.10 Å². The Balaban J connectivity index is 2.20. The van der Waals surface area contributed by atoms with Crippen molar-refractivity contribution >= 4 is 11.5 Å². The minimum atomic E-state index is 0.228. The molecule has 0 spiro atoms. The normalized spacial score (nSPS) is 12.7. The van der Waals surface area contributed by atoms with Gasteiger partial charge in [-0.05, 0) is 24.4 Å². The molecule has 0 aliphatic carbocycles. The van der Waals surface area contributed by atoms with Crippen molar-refractivity contribution in [1.29, 1.82) is 0 Å². The molecule has 1 rings (SSSR count). The quantitative estimate of drug-likeness (QED) is 0.319. The van der Waals surface area contributed by atoms with Crippen LogP contribution in [0, 0.1) is 0 Å². The molecule has 0 aromatic carbocycles. The zero-order chi connectivity index (χ0) is 15.3. The molecule has 0 amide bonds. The summed E-state index contributed by atoms with van der Waals surface area (Å²) in [5.41, 5.74) is 4.08. The molecular formula is C16H32N4S. The first-order valence-corrected chi connectivity index (χ1v) is 9.38. The van der Waals surface area contributed by atoms with Gasteiger partial charge in [0.1, 0.15) is 0 Å². The molecule has 0 fully saturated rings. The van der Waals surface area contributed by atoms with Crippen LogP contribution in [-0.2, 0) is 6.42 Å². The third-order valence-electron chi connectivity index (χ3n) is 3.94. The predicted octanol–water partition coefficient (Wildman–Crippen LogP) is 4.53. The highest BCUT2D eigenvalue weighted by Gasteiger charge is 2.17. The Bertz CT molecular complexity index is 354. The summed E-state index contributed by atoms with van der Waals surface area (Å²) in [5, 5.41) is 4.23. The van der Waals surface area contributed by atoms with Gasteiger partial charge in [-0.1, -0.05) is 76.1 Å². The molecule has 1 aromatic rings. The predicted molar refractivity (Wildman–Crippen MR) is 91.2 cm³/mol. The Labute approximate surface area is 134 Å². The van der Waals surface area contributed by atoms with Crippen molar-refractivity contribution in [3.8, 4) is 0 Å². The van der Waals surface area contributed by atoms with Crippen LogP contribution < -0.4 is 11.3 Å². The van der Waals surface area contributed by atoms with E-state index < -0.39 is 0 Å². The van der Waals surface area contributed by atoms with Gasteiger partial charge >= 0.3 is 0 Å². The second kappa shape index (κ2) is 12.1. The summed E-state index contributed by atoms with van der Waals surface area (Å²) in [5.74, 6) is 5.73. The molecular weight excluding hydrogens is 280 g/mol. The lowest BCUT2D eigenvalue weighted by molar-refractivity contribution is 0.477. The van der Waals surface area contributed by atoms with Gasteiger partial charge in [0.25, 0.3) is 0 Å². The number of rotatable bonds is 13. The number of aromatic nitrogens is 2. The topological polar surface area (TPSA) is 63.8 Å². The maximum absolute atomic E-state index is 5.73. The molecule has 0 bridgehead atoms. The lowest BCUT2D eigenvalue weighted by atomic mass is 10.0. The van der Waals surface area contributed by atoms with Gasteiger partial charge in [0.2, 0.25) is 0 Å². The maximum atomic E-state index is 5.73. The summed E-state index contributed by atoms with van der Waals surface area (Å²) in [6.07, 6.45) is 14.0. The molecule has 0 radical (unpaired) electrons. The van der Waals surface area contributed by atoms with Gasteiger partial charge in [-0.25, -0.2) is 0 Å². The fraction of sp³-hybridized carbons (Fsp3) is 0.875. The van der Waals surface area contributed by atoms with Crippen LogP contribution in [0.5, 0.6) is 0 Å². The maximum Gasteiger partial charge on any atom is 0.0804 e. The Kier molecular flexibility index (Phi) is 10.6. The molecule has 21 heavy (non-hydrogen) atoms. The molecule has 1 aromatic heterocycles. The second-order valence-corrected chi connectivity index (χ2v) is 6.60. The van der Waals surface area contributed by atoms with E-state index in [-0.39, 0.29) is 6.04 Å². The zero-order valence-corrected chi connectivity index (χ0v) is 14.6. The van der Waals surface area contributed by atoms with Crippen molar-refractivity contribution < 1.29 is 0 Å². The number of hydrogen-bond acceptors (Lipinski definition) is 5. The van der Waals surface area contributed by atoms with Crippen LogP contribution in [0.15, 0.2) is 0 Å². The minimum Gasteiger partial charge on any atom is -0.271 e. The number of nitrogens with zero attached hydrogens (tertiary/aromatic N) is 2. The van der Waals surface area contributed by atoms with Crippen molar-refractivity contribution in [3.05, 3.63) is 10.6 Å². The van der Waals surface area contributed by atoms with Gasteiger partial charge in [0.05, 0.1) is 16.6 Å². The first kappa shape index (κ1) is 18.5. The van der Waals surface area contributed by atoms with E-state index >= 15 is 0 Å². The van der Waals surface area contributed by atoms with Crippen LogP contribution in [0.25, 0.3) is 0 Å². The first-order valence-electron chi connectivity index (χ1n) is 8.60. The molecule has 0 saturated heterocycles. The lowest BCUT2D eigenvalue weighted by Crippen LogP contribution is -2.28. The number of nitrogens with two attached hydrogens (primary N) is 1. The van der Waals surface area contributed by atoms with Crippen molar-refractivity contribution in [2.75, 3.05) is 0 Å². The van der Waals surface area contributed by atoms with Crippen LogP contribution in [0.4, 0.5) is 0 Å². The van der Waals surface area contributed by atoms with Gasteiger partial charge < -0.3 is 0 Å². The van der Waals surface area contributed by atoms with E-state index in [1.54, 1.807) is 0 Å². The SMILES string of the molecule is CCCCCCCCCCC(NN)c1snnc1CCC. The zero-order valence-electron chi connectivity index (χ0n) is 13.7. The van der Waals surface area contributed by atoms with E-state index in [9.17, 15) is 0 Å². The Morgan fingerprint density at radius 3 is 2.29 bits per heavy atom. The summed E-state index contributed by atoms with van der Waals surface area (Å²) < 4.78 is 4.09. The van der Waals surface area contributed by atoms with E-state index in [1.807, 2.05) is 0 Å². The van der Waals surface area contributed by atoms with E-state index in [0.29, 0.717) is 0 Å². The monoisotopic (exact) mass is 312 g/mol. The molecule has 1 heterocycles. The molecule has 4 nitrogen and oxygen atoms in total. The summed E-state index contributed by atoms with van der Waals surface area (Å²) >= 11 is 1.50. The van der Waals surface area contributed by atoms with Crippen LogP contribution in [-0.4, -0.2) is 9.59 Å². The van der Waals surface area contributed by atoms with E-state index in [4.69, 9.17) is 5.84 Å². The van der Waals surface area contributed by atoms with Crippen molar-refractivity contribution in [2.24, 2.45) is 5.84 Å². The molecule has 3 N–H and O–H groups in total. The van der Waals surface area contributed by atoms with Crippen LogP contribution in [0.2, 0.25) is 0 Å². The highest BCUT2D eigenvalue weighted by atomic mass is 32.1. The van der Waals surface area contributed by atoms with E-state index in [2.05, 4.69) is 28.9 Å². The van der Waals surface area contributed by atoms with Gasteiger partial charge in [0, 0.05) is 0 Å². The third kappa shape index (κ3) is 7.34. The van der Waals surface area contributed by atoms with Crippen LogP contribution >= 0.6 is 11.5 Å².